The summed E-state index contributed by atoms with van der Waals surface area (Å²) < 4.78 is 70.4. The molecule has 41 heavy (non-hydrogen) atoms. The predicted octanol–water partition coefficient (Wildman–Crippen LogP) is 2.03. The highest BCUT2D eigenvalue weighted by atomic mass is 35.5. The van der Waals surface area contributed by atoms with Gasteiger partial charge in [-0.25, -0.2) is 27.0 Å². The number of fused-ring (bicyclic) bond motifs is 4. The molecule has 7 rings (SSSR count). The van der Waals surface area contributed by atoms with Gasteiger partial charge in [-0.1, -0.05) is 11.6 Å². The van der Waals surface area contributed by atoms with Crippen LogP contribution in [-0.2, 0) is 20.7 Å². The number of hydrogen-bond acceptors (Lipinski definition) is 9. The number of sulfonamides is 1. The number of amides is 1. The van der Waals surface area contributed by atoms with Crippen molar-refractivity contribution in [2.75, 3.05) is 62.3 Å². The van der Waals surface area contributed by atoms with Gasteiger partial charge < -0.3 is 24.8 Å². The number of aliphatic hydroxyl groups excluding tert-OH is 1. The first kappa shape index (κ1) is 27.1. The molecule has 0 radical (unpaired) electrons. The number of cyclic esters (lactones) is 1. The topological polar surface area (TPSA) is 125 Å². The normalized spacial score (nSPS) is 29.5. The molecule has 2 aromatic rings. The predicted molar refractivity (Wildman–Crippen MR) is 143 cm³/mol. The van der Waals surface area contributed by atoms with Crippen LogP contribution >= 0.6 is 11.6 Å². The van der Waals surface area contributed by atoms with E-state index in [-0.39, 0.29) is 73.2 Å². The maximum atomic E-state index is 15.6. The minimum absolute atomic E-state index is 0.000600. The second-order valence-electron chi connectivity index (χ2n) is 11.2. The lowest BCUT2D eigenvalue weighted by atomic mass is 9.91. The minimum Gasteiger partial charge on any atom is -0.489 e. The molecule has 15 heteroatoms. The Labute approximate surface area is 240 Å². The number of rotatable bonds is 6. The molecule has 2 unspecified atom stereocenters. The van der Waals surface area contributed by atoms with Crippen molar-refractivity contribution in [2.24, 2.45) is 11.3 Å². The van der Waals surface area contributed by atoms with Crippen molar-refractivity contribution < 1.29 is 36.6 Å². The third kappa shape index (κ3) is 4.09. The first-order chi connectivity index (χ1) is 19.5. The van der Waals surface area contributed by atoms with Crippen LogP contribution in [0, 0.1) is 11.3 Å². The molecule has 2 N–H and O–H groups in total. The molecular formula is C26H28ClF2N5O6S. The quantitative estimate of drug-likeness (QED) is 0.472. The highest BCUT2D eigenvalue weighted by molar-refractivity contribution is 7.89. The highest BCUT2D eigenvalue weighted by Crippen LogP contribution is 2.67. The van der Waals surface area contributed by atoms with Crippen molar-refractivity contribution >= 4 is 39.2 Å². The highest BCUT2D eigenvalue weighted by Gasteiger charge is 2.71. The van der Waals surface area contributed by atoms with E-state index in [9.17, 15) is 18.3 Å². The molecule has 0 spiro atoms. The maximum Gasteiger partial charge on any atom is 0.415 e. The number of ether oxygens (including phenoxy) is 2. The number of benzene rings is 1. The number of nitrogens with zero attached hydrogens (tertiary/aromatic N) is 4. The second kappa shape index (κ2) is 9.36. The van der Waals surface area contributed by atoms with Gasteiger partial charge in [-0.2, -0.15) is 4.31 Å². The SMILES string of the molecule is O=C1O[C@@H](CO)[C@H]2COc3cc(S(=O)(=O)N4CCN(c5cc(C(F)(F)C67CNCC6C7)cc(Cl)n5)CC4)ccc3N12. The zero-order chi connectivity index (χ0) is 28.7. The molecule has 1 aromatic heterocycles. The Morgan fingerprint density at radius 3 is 2.66 bits per heavy atom. The van der Waals surface area contributed by atoms with Crippen LogP contribution in [0.3, 0.4) is 0 Å². The molecule has 5 heterocycles. The Hall–Kier alpha value is -2.78. The fourth-order valence-corrected chi connectivity index (χ4v) is 8.22. The van der Waals surface area contributed by atoms with Gasteiger partial charge in [0, 0.05) is 44.4 Å². The van der Waals surface area contributed by atoms with Gasteiger partial charge in [-0.15, -0.1) is 0 Å². The van der Waals surface area contributed by atoms with Gasteiger partial charge in [0.25, 0.3) is 5.92 Å². The van der Waals surface area contributed by atoms with Gasteiger partial charge >= 0.3 is 6.09 Å². The molecular weight excluding hydrogens is 584 g/mol. The molecule has 11 nitrogen and oxygen atoms in total. The standard InChI is InChI=1S/C26H28ClF2N5O6S/c27-22-7-15(26(28,29)25-10-16(25)11-30-14-25)8-23(31-22)32-3-5-33(6-4-32)41(37,38)17-1-2-18-20(9-17)39-13-19-21(12-35)40-24(36)34(18)19/h1-2,7-9,16,19,21,30,35H,3-6,10-14H2/t16?,19-,21+,25?/m1/s1. The molecule has 4 fully saturated rings. The Bertz CT molecular complexity index is 1520. The number of aromatic nitrogens is 1. The van der Waals surface area contributed by atoms with Crippen molar-refractivity contribution in [1.82, 2.24) is 14.6 Å². The average molecular weight is 612 g/mol. The van der Waals surface area contributed by atoms with Crippen molar-refractivity contribution in [1.29, 1.82) is 0 Å². The summed E-state index contributed by atoms with van der Waals surface area (Å²) in [6.07, 6.45) is -0.882. The van der Waals surface area contributed by atoms with E-state index in [0.717, 1.165) is 0 Å². The molecule has 1 aliphatic carbocycles. The number of carbonyl (C=O) groups is 1. The number of halogens is 3. The number of carbonyl (C=O) groups excluding carboxylic acids is 1. The Balaban J connectivity index is 1.07. The maximum absolute atomic E-state index is 15.6. The summed E-state index contributed by atoms with van der Waals surface area (Å²) in [5.74, 6) is -2.60. The Morgan fingerprint density at radius 2 is 1.98 bits per heavy atom. The fourth-order valence-electron chi connectivity index (χ4n) is 6.58. The number of piperidine rings is 1. The van der Waals surface area contributed by atoms with Crippen molar-refractivity contribution in [3.05, 3.63) is 41.0 Å². The molecule has 220 valence electrons. The molecule has 1 amide bonds. The summed E-state index contributed by atoms with van der Waals surface area (Å²) in [7, 11) is -3.93. The zero-order valence-electron chi connectivity index (χ0n) is 21.8. The average Bonchev–Trinajstić information content (AvgIpc) is 3.37. The van der Waals surface area contributed by atoms with E-state index in [1.807, 2.05) is 0 Å². The number of hydrogen-bond donors (Lipinski definition) is 2. The van der Waals surface area contributed by atoms with E-state index in [1.54, 1.807) is 4.90 Å². The van der Waals surface area contributed by atoms with E-state index in [0.29, 0.717) is 24.5 Å². The van der Waals surface area contributed by atoms with Crippen molar-refractivity contribution in [3.8, 4) is 5.75 Å². The summed E-state index contributed by atoms with van der Waals surface area (Å²) in [4.78, 5) is 19.8. The van der Waals surface area contributed by atoms with Crippen LogP contribution in [0.5, 0.6) is 5.75 Å². The summed E-state index contributed by atoms with van der Waals surface area (Å²) in [5, 5.41) is 12.5. The fraction of sp³-hybridized carbons (Fsp3) is 0.538. The molecule has 1 saturated carbocycles. The number of piperazine rings is 1. The van der Waals surface area contributed by atoms with Crippen LogP contribution in [0.25, 0.3) is 0 Å². The number of pyridine rings is 1. The molecule has 5 aliphatic rings. The van der Waals surface area contributed by atoms with Crippen LogP contribution in [0.2, 0.25) is 5.15 Å². The van der Waals surface area contributed by atoms with Crippen LogP contribution < -0.4 is 19.9 Å². The van der Waals surface area contributed by atoms with Crippen LogP contribution in [-0.4, -0.2) is 93.5 Å². The van der Waals surface area contributed by atoms with E-state index in [4.69, 9.17) is 21.1 Å². The van der Waals surface area contributed by atoms with Gasteiger partial charge in [0.2, 0.25) is 10.0 Å². The second-order valence-corrected chi connectivity index (χ2v) is 13.5. The summed E-state index contributed by atoms with van der Waals surface area (Å²) in [5.41, 5.74) is -0.884. The lowest BCUT2D eigenvalue weighted by Crippen LogP contribution is -2.49. The Morgan fingerprint density at radius 1 is 1.20 bits per heavy atom. The van der Waals surface area contributed by atoms with E-state index >= 15 is 8.78 Å². The number of anilines is 2. The van der Waals surface area contributed by atoms with Crippen LogP contribution in [0.1, 0.15) is 12.0 Å². The van der Waals surface area contributed by atoms with Gasteiger partial charge in [0.05, 0.1) is 22.6 Å². The van der Waals surface area contributed by atoms with Gasteiger partial charge in [-0.05, 0) is 43.1 Å². The van der Waals surface area contributed by atoms with E-state index in [1.165, 1.54) is 39.5 Å². The van der Waals surface area contributed by atoms with E-state index < -0.39 is 39.6 Å². The monoisotopic (exact) mass is 611 g/mol. The lowest BCUT2D eigenvalue weighted by molar-refractivity contribution is -0.0782. The van der Waals surface area contributed by atoms with Crippen molar-refractivity contribution in [3.63, 3.8) is 0 Å². The van der Waals surface area contributed by atoms with Gasteiger partial charge in [-0.3, -0.25) is 4.90 Å². The third-order valence-electron chi connectivity index (χ3n) is 9.02. The lowest BCUT2D eigenvalue weighted by Gasteiger charge is -2.35. The molecule has 1 aromatic carbocycles. The minimum atomic E-state index is -3.93. The largest absolute Gasteiger partial charge is 0.489 e. The number of aliphatic hydroxyl groups is 1. The first-order valence-electron chi connectivity index (χ1n) is 13.4. The summed E-state index contributed by atoms with van der Waals surface area (Å²) >= 11 is 6.19. The molecule has 0 bridgehead atoms. The van der Waals surface area contributed by atoms with Gasteiger partial charge in [0.1, 0.15) is 29.4 Å². The van der Waals surface area contributed by atoms with Gasteiger partial charge in [0.15, 0.2) is 6.10 Å². The summed E-state index contributed by atoms with van der Waals surface area (Å²) in [6, 6.07) is 6.37. The van der Waals surface area contributed by atoms with Crippen LogP contribution in [0.4, 0.5) is 25.1 Å². The molecule has 4 atom stereocenters. The first-order valence-corrected chi connectivity index (χ1v) is 15.3. The Kier molecular flexibility index (Phi) is 6.18. The summed E-state index contributed by atoms with van der Waals surface area (Å²) in [6.45, 7) is 1.23. The van der Waals surface area contributed by atoms with Crippen LogP contribution in [0.15, 0.2) is 35.2 Å². The smallest absolute Gasteiger partial charge is 0.415 e. The number of nitrogens with one attached hydrogen (secondary N) is 1. The zero-order valence-corrected chi connectivity index (χ0v) is 23.4. The molecule has 3 saturated heterocycles. The van der Waals surface area contributed by atoms with Crippen molar-refractivity contribution in [2.45, 2.75) is 29.4 Å². The molecule has 4 aliphatic heterocycles. The third-order valence-corrected chi connectivity index (χ3v) is 11.1. The number of alkyl halides is 2. The van der Waals surface area contributed by atoms with E-state index in [2.05, 4.69) is 10.3 Å².